The molecule has 3 aromatic rings. The van der Waals surface area contributed by atoms with Crippen LogP contribution in [-0.2, 0) is 0 Å². The molecule has 0 saturated heterocycles. The van der Waals surface area contributed by atoms with Gasteiger partial charge in [0.05, 0.1) is 11.3 Å². The zero-order chi connectivity index (χ0) is 14.1. The van der Waals surface area contributed by atoms with E-state index in [1.54, 1.807) is 24.5 Å². The number of rotatable bonds is 3. The molecule has 0 fully saturated rings. The maximum absolute atomic E-state index is 10.7. The molecule has 100 valence electrons. The predicted octanol–water partition coefficient (Wildman–Crippen LogP) is 5.00. The van der Waals surface area contributed by atoms with E-state index in [4.69, 9.17) is 20.8 Å². The Balaban J connectivity index is 2.02. The van der Waals surface area contributed by atoms with Crippen LogP contribution in [0.15, 0.2) is 47.1 Å². The Morgan fingerprint density at radius 2 is 2.05 bits per heavy atom. The topological polar surface area (TPSA) is 39.4 Å². The van der Waals surface area contributed by atoms with Crippen LogP contribution in [0.2, 0.25) is 5.02 Å². The summed E-state index contributed by atoms with van der Waals surface area (Å²) in [5, 5.41) is 1.34. The van der Waals surface area contributed by atoms with E-state index in [0.717, 1.165) is 10.9 Å². The molecule has 20 heavy (non-hydrogen) atoms. The normalized spacial score (nSPS) is 10.7. The lowest BCUT2D eigenvalue weighted by atomic mass is 10.1. The van der Waals surface area contributed by atoms with E-state index >= 15 is 0 Å². The molecule has 0 aliphatic heterocycles. The fourth-order valence-electron chi connectivity index (χ4n) is 2.06. The quantitative estimate of drug-likeness (QED) is 0.636. The molecule has 0 aliphatic rings. The van der Waals surface area contributed by atoms with E-state index in [1.807, 2.05) is 25.1 Å². The van der Waals surface area contributed by atoms with E-state index in [-0.39, 0.29) is 0 Å². The third-order valence-electron chi connectivity index (χ3n) is 2.99. The second kappa shape index (κ2) is 5.02. The van der Waals surface area contributed by atoms with Crippen molar-refractivity contribution in [3.8, 4) is 11.5 Å². The zero-order valence-electron chi connectivity index (χ0n) is 10.7. The Morgan fingerprint density at radius 1 is 1.20 bits per heavy atom. The van der Waals surface area contributed by atoms with Gasteiger partial charge in [-0.2, -0.15) is 0 Å². The smallest absolute Gasteiger partial charge is 0.176 e. The molecule has 0 bridgehead atoms. The molecule has 0 N–H and O–H groups in total. The van der Waals surface area contributed by atoms with Crippen LogP contribution in [0.3, 0.4) is 0 Å². The summed E-state index contributed by atoms with van der Waals surface area (Å²) in [5.41, 5.74) is 2.20. The van der Waals surface area contributed by atoms with Gasteiger partial charge >= 0.3 is 0 Å². The third kappa shape index (κ3) is 2.28. The summed E-state index contributed by atoms with van der Waals surface area (Å²) in [7, 11) is 0. The first-order valence-corrected chi connectivity index (χ1v) is 6.45. The van der Waals surface area contributed by atoms with Gasteiger partial charge in [0.1, 0.15) is 5.75 Å². The van der Waals surface area contributed by atoms with Crippen molar-refractivity contribution in [1.82, 2.24) is 0 Å². The van der Waals surface area contributed by atoms with Gasteiger partial charge < -0.3 is 9.15 Å². The monoisotopic (exact) mass is 286 g/mol. The van der Waals surface area contributed by atoms with Gasteiger partial charge in [0.2, 0.25) is 0 Å². The lowest BCUT2D eigenvalue weighted by Crippen LogP contribution is -1.88. The van der Waals surface area contributed by atoms with Crippen molar-refractivity contribution in [1.29, 1.82) is 0 Å². The van der Waals surface area contributed by atoms with Crippen molar-refractivity contribution in [3.63, 3.8) is 0 Å². The van der Waals surface area contributed by atoms with Crippen LogP contribution >= 0.6 is 11.6 Å². The van der Waals surface area contributed by atoms with Crippen LogP contribution in [0.4, 0.5) is 0 Å². The average Bonchev–Trinajstić information content (AvgIpc) is 2.87. The maximum Gasteiger partial charge on any atom is 0.176 e. The number of aryl methyl sites for hydroxylation is 1. The minimum Gasteiger partial charge on any atom is -0.460 e. The molecule has 0 saturated carbocycles. The standard InChI is InChI=1S/C16H11ClO3/c1-10-6-11-4-5-19-16(11)15(7-10)20-13-3-2-12(9-18)14(17)8-13/h2-9H,1H3. The van der Waals surface area contributed by atoms with Gasteiger partial charge in [0, 0.05) is 17.0 Å². The van der Waals surface area contributed by atoms with Gasteiger partial charge in [-0.3, -0.25) is 4.79 Å². The number of ether oxygens (including phenoxy) is 1. The Labute approximate surface area is 120 Å². The first-order valence-electron chi connectivity index (χ1n) is 6.08. The van der Waals surface area contributed by atoms with Gasteiger partial charge in [0.25, 0.3) is 0 Å². The fraction of sp³-hybridized carbons (Fsp3) is 0.0625. The average molecular weight is 287 g/mol. The second-order valence-corrected chi connectivity index (χ2v) is 4.91. The van der Waals surface area contributed by atoms with Crippen molar-refractivity contribution in [3.05, 3.63) is 58.8 Å². The molecule has 3 nitrogen and oxygen atoms in total. The van der Waals surface area contributed by atoms with Gasteiger partial charge in [-0.1, -0.05) is 11.6 Å². The molecule has 0 aliphatic carbocycles. The van der Waals surface area contributed by atoms with E-state index in [0.29, 0.717) is 34.0 Å². The minimum atomic E-state index is 0.362. The van der Waals surface area contributed by atoms with Gasteiger partial charge in [0.15, 0.2) is 17.6 Å². The van der Waals surface area contributed by atoms with Crippen molar-refractivity contribution >= 4 is 28.9 Å². The summed E-state index contributed by atoms with van der Waals surface area (Å²) in [6.45, 7) is 1.99. The van der Waals surface area contributed by atoms with E-state index in [2.05, 4.69) is 0 Å². The number of benzene rings is 2. The number of fused-ring (bicyclic) bond motifs is 1. The van der Waals surface area contributed by atoms with Crippen molar-refractivity contribution in [2.24, 2.45) is 0 Å². The highest BCUT2D eigenvalue weighted by Crippen LogP contribution is 2.33. The predicted molar refractivity (Wildman–Crippen MR) is 77.9 cm³/mol. The maximum atomic E-state index is 10.7. The third-order valence-corrected chi connectivity index (χ3v) is 3.32. The van der Waals surface area contributed by atoms with E-state index in [1.165, 1.54) is 0 Å². The minimum absolute atomic E-state index is 0.362. The molecular formula is C16H11ClO3. The molecule has 0 unspecified atom stereocenters. The number of halogens is 1. The van der Waals surface area contributed by atoms with Crippen LogP contribution in [0, 0.1) is 6.92 Å². The molecule has 1 aromatic heterocycles. The number of hydrogen-bond donors (Lipinski definition) is 0. The molecule has 0 spiro atoms. The molecular weight excluding hydrogens is 276 g/mol. The first-order chi connectivity index (χ1) is 9.67. The first kappa shape index (κ1) is 12.8. The number of aldehydes is 1. The molecule has 3 rings (SSSR count). The Bertz CT molecular complexity index is 790. The summed E-state index contributed by atoms with van der Waals surface area (Å²) in [6.07, 6.45) is 2.34. The Hall–Kier alpha value is -2.26. The largest absolute Gasteiger partial charge is 0.460 e. The van der Waals surface area contributed by atoms with E-state index in [9.17, 15) is 4.79 Å². The van der Waals surface area contributed by atoms with Crippen LogP contribution in [0.25, 0.3) is 11.0 Å². The lowest BCUT2D eigenvalue weighted by molar-refractivity contribution is 0.112. The molecule has 2 aromatic carbocycles. The highest BCUT2D eigenvalue weighted by Gasteiger charge is 2.09. The fourth-order valence-corrected chi connectivity index (χ4v) is 2.28. The lowest BCUT2D eigenvalue weighted by Gasteiger charge is -2.08. The molecule has 4 heteroatoms. The van der Waals surface area contributed by atoms with Crippen LogP contribution in [0.1, 0.15) is 15.9 Å². The Kier molecular flexibility index (Phi) is 3.20. The van der Waals surface area contributed by atoms with Gasteiger partial charge in [-0.15, -0.1) is 0 Å². The number of hydrogen-bond acceptors (Lipinski definition) is 3. The molecule has 0 amide bonds. The van der Waals surface area contributed by atoms with Crippen molar-refractivity contribution < 1.29 is 13.9 Å². The summed E-state index contributed by atoms with van der Waals surface area (Å²) in [6, 6.07) is 10.7. The van der Waals surface area contributed by atoms with Crippen LogP contribution in [-0.4, -0.2) is 6.29 Å². The summed E-state index contributed by atoms with van der Waals surface area (Å²) in [5.74, 6) is 1.18. The number of carbonyl (C=O) groups excluding carboxylic acids is 1. The van der Waals surface area contributed by atoms with E-state index < -0.39 is 0 Å². The number of furan rings is 1. The molecule has 1 heterocycles. The van der Waals surface area contributed by atoms with Crippen molar-refractivity contribution in [2.45, 2.75) is 6.92 Å². The van der Waals surface area contributed by atoms with Gasteiger partial charge in [-0.05, 0) is 42.8 Å². The second-order valence-electron chi connectivity index (χ2n) is 4.51. The number of carbonyl (C=O) groups is 1. The van der Waals surface area contributed by atoms with Crippen molar-refractivity contribution in [2.75, 3.05) is 0 Å². The SMILES string of the molecule is Cc1cc(Oc2ccc(C=O)c(Cl)c2)c2occc2c1. The summed E-state index contributed by atoms with van der Waals surface area (Å²) < 4.78 is 11.3. The Morgan fingerprint density at radius 3 is 2.80 bits per heavy atom. The van der Waals surface area contributed by atoms with Gasteiger partial charge in [-0.25, -0.2) is 0 Å². The highest BCUT2D eigenvalue weighted by atomic mass is 35.5. The molecule has 0 atom stereocenters. The molecule has 0 radical (unpaired) electrons. The highest BCUT2D eigenvalue weighted by molar-refractivity contribution is 6.33. The summed E-state index contributed by atoms with van der Waals surface area (Å²) in [4.78, 5) is 10.7. The summed E-state index contributed by atoms with van der Waals surface area (Å²) >= 11 is 5.99. The zero-order valence-corrected chi connectivity index (χ0v) is 11.5. The van der Waals surface area contributed by atoms with Crippen LogP contribution < -0.4 is 4.74 Å². The van der Waals surface area contributed by atoms with Crippen LogP contribution in [0.5, 0.6) is 11.5 Å².